The van der Waals surface area contributed by atoms with Crippen molar-refractivity contribution in [2.24, 2.45) is 0 Å². The number of rotatable bonds is 7. The standard InChI is InChI=1S/C26H22Cl2O4/c1-16-4-8-18(9-5-16)24-26(23(29)21-14-19(27)15-22(28)25(21)32-24)31-13-3-12-30-20-10-6-17(2)7-11-20/h4-11,14-15H,3,12-13H2,1-2H3. The normalized spacial score (nSPS) is 11.0. The van der Waals surface area contributed by atoms with E-state index in [9.17, 15) is 4.79 Å². The maximum Gasteiger partial charge on any atom is 0.235 e. The number of benzene rings is 3. The van der Waals surface area contributed by atoms with Crippen molar-refractivity contribution in [1.29, 1.82) is 0 Å². The first kappa shape index (κ1) is 22.3. The van der Waals surface area contributed by atoms with Gasteiger partial charge < -0.3 is 13.9 Å². The van der Waals surface area contributed by atoms with Gasteiger partial charge in [0.2, 0.25) is 11.2 Å². The average Bonchev–Trinajstić information content (AvgIpc) is 2.77. The molecule has 0 bridgehead atoms. The van der Waals surface area contributed by atoms with Crippen LogP contribution in [0.15, 0.2) is 69.9 Å². The SMILES string of the molecule is Cc1ccc(OCCCOc2c(-c3ccc(C)cc3)oc3c(Cl)cc(Cl)cc3c2=O)cc1. The summed E-state index contributed by atoms with van der Waals surface area (Å²) in [5, 5.41) is 0.913. The minimum atomic E-state index is -0.314. The highest BCUT2D eigenvalue weighted by molar-refractivity contribution is 6.38. The molecule has 0 saturated carbocycles. The molecule has 4 aromatic rings. The van der Waals surface area contributed by atoms with Crippen LogP contribution in [0.5, 0.6) is 11.5 Å². The largest absolute Gasteiger partial charge is 0.493 e. The summed E-state index contributed by atoms with van der Waals surface area (Å²) in [7, 11) is 0. The number of ether oxygens (including phenoxy) is 2. The second-order valence-electron chi connectivity index (χ2n) is 7.58. The lowest BCUT2D eigenvalue weighted by atomic mass is 10.1. The van der Waals surface area contributed by atoms with E-state index in [1.165, 1.54) is 5.56 Å². The highest BCUT2D eigenvalue weighted by Gasteiger charge is 2.20. The monoisotopic (exact) mass is 468 g/mol. The van der Waals surface area contributed by atoms with Crippen LogP contribution in [0.1, 0.15) is 17.5 Å². The Kier molecular flexibility index (Phi) is 6.73. The van der Waals surface area contributed by atoms with Crippen LogP contribution in [0, 0.1) is 13.8 Å². The number of hydrogen-bond acceptors (Lipinski definition) is 4. The molecular formula is C26H22Cl2O4. The number of hydrogen-bond donors (Lipinski definition) is 0. The molecule has 4 rings (SSSR count). The maximum atomic E-state index is 13.3. The molecule has 6 heteroatoms. The van der Waals surface area contributed by atoms with Crippen molar-refractivity contribution in [1.82, 2.24) is 0 Å². The zero-order chi connectivity index (χ0) is 22.7. The van der Waals surface area contributed by atoms with E-state index in [1.807, 2.05) is 62.4 Å². The van der Waals surface area contributed by atoms with Gasteiger partial charge in [-0.1, -0.05) is 70.7 Å². The van der Waals surface area contributed by atoms with Crippen LogP contribution in [0.25, 0.3) is 22.3 Å². The van der Waals surface area contributed by atoms with Crippen molar-refractivity contribution in [3.05, 3.63) is 92.1 Å². The molecule has 0 radical (unpaired) electrons. The summed E-state index contributed by atoms with van der Waals surface area (Å²) in [4.78, 5) is 13.3. The van der Waals surface area contributed by atoms with E-state index < -0.39 is 0 Å². The second-order valence-corrected chi connectivity index (χ2v) is 8.43. The Morgan fingerprint density at radius 3 is 2.16 bits per heavy atom. The Morgan fingerprint density at radius 2 is 1.47 bits per heavy atom. The van der Waals surface area contributed by atoms with Crippen LogP contribution in [0.4, 0.5) is 0 Å². The van der Waals surface area contributed by atoms with Gasteiger partial charge in [0.25, 0.3) is 0 Å². The molecule has 164 valence electrons. The molecule has 0 saturated heterocycles. The fraction of sp³-hybridized carbons (Fsp3) is 0.192. The van der Waals surface area contributed by atoms with Crippen LogP contribution in [-0.4, -0.2) is 13.2 Å². The first-order valence-electron chi connectivity index (χ1n) is 10.3. The number of aryl methyl sites for hydroxylation is 2. The highest BCUT2D eigenvalue weighted by Crippen LogP contribution is 2.35. The first-order chi connectivity index (χ1) is 15.4. The summed E-state index contributed by atoms with van der Waals surface area (Å²) < 4.78 is 17.7. The fourth-order valence-electron chi connectivity index (χ4n) is 3.29. The average molecular weight is 469 g/mol. The predicted molar refractivity (Wildman–Crippen MR) is 129 cm³/mol. The van der Waals surface area contributed by atoms with Gasteiger partial charge in [-0.25, -0.2) is 0 Å². The molecule has 0 aliphatic rings. The Morgan fingerprint density at radius 1 is 0.844 bits per heavy atom. The van der Waals surface area contributed by atoms with E-state index >= 15 is 0 Å². The summed E-state index contributed by atoms with van der Waals surface area (Å²) >= 11 is 12.4. The molecule has 0 aliphatic carbocycles. The molecule has 32 heavy (non-hydrogen) atoms. The van der Waals surface area contributed by atoms with Crippen molar-refractivity contribution in [3.8, 4) is 22.8 Å². The number of halogens is 2. The molecule has 0 N–H and O–H groups in total. The lowest BCUT2D eigenvalue weighted by Crippen LogP contribution is -2.13. The minimum Gasteiger partial charge on any atom is -0.493 e. The Balaban J connectivity index is 1.60. The molecule has 1 aromatic heterocycles. The van der Waals surface area contributed by atoms with E-state index in [0.29, 0.717) is 23.8 Å². The van der Waals surface area contributed by atoms with Gasteiger partial charge in [-0.05, 0) is 38.1 Å². The van der Waals surface area contributed by atoms with Crippen LogP contribution < -0.4 is 14.9 Å². The molecule has 0 atom stereocenters. The summed E-state index contributed by atoms with van der Waals surface area (Å²) in [6.45, 7) is 4.76. The highest BCUT2D eigenvalue weighted by atomic mass is 35.5. The fourth-order valence-corrected chi connectivity index (χ4v) is 3.82. The lowest BCUT2D eigenvalue weighted by Gasteiger charge is -2.13. The molecule has 0 amide bonds. The molecule has 0 spiro atoms. The van der Waals surface area contributed by atoms with Gasteiger partial charge in [0, 0.05) is 17.0 Å². The van der Waals surface area contributed by atoms with E-state index in [-0.39, 0.29) is 33.8 Å². The third-order valence-corrected chi connectivity index (χ3v) is 5.51. The third kappa shape index (κ3) is 4.93. The maximum absolute atomic E-state index is 13.3. The lowest BCUT2D eigenvalue weighted by molar-refractivity contribution is 0.244. The molecule has 4 nitrogen and oxygen atoms in total. The van der Waals surface area contributed by atoms with Gasteiger partial charge in [-0.2, -0.15) is 0 Å². The topological polar surface area (TPSA) is 48.7 Å². The van der Waals surface area contributed by atoms with Gasteiger partial charge in [0.15, 0.2) is 11.3 Å². The quantitative estimate of drug-likeness (QED) is 0.268. The van der Waals surface area contributed by atoms with Gasteiger partial charge in [0.1, 0.15) is 5.75 Å². The van der Waals surface area contributed by atoms with Crippen molar-refractivity contribution < 1.29 is 13.9 Å². The first-order valence-corrected chi connectivity index (χ1v) is 11.0. The zero-order valence-electron chi connectivity index (χ0n) is 17.8. The Bertz CT molecular complexity index is 1290. The Hall–Kier alpha value is -2.95. The van der Waals surface area contributed by atoms with Crippen molar-refractivity contribution in [2.45, 2.75) is 20.3 Å². The van der Waals surface area contributed by atoms with E-state index in [0.717, 1.165) is 16.9 Å². The Labute approximate surface area is 196 Å². The van der Waals surface area contributed by atoms with E-state index in [1.54, 1.807) is 12.1 Å². The second kappa shape index (κ2) is 9.68. The molecular weight excluding hydrogens is 447 g/mol. The van der Waals surface area contributed by atoms with Crippen LogP contribution in [0.3, 0.4) is 0 Å². The summed E-state index contributed by atoms with van der Waals surface area (Å²) in [5.74, 6) is 1.27. The van der Waals surface area contributed by atoms with Gasteiger partial charge >= 0.3 is 0 Å². The van der Waals surface area contributed by atoms with Gasteiger partial charge in [-0.3, -0.25) is 4.79 Å². The van der Waals surface area contributed by atoms with E-state index in [4.69, 9.17) is 37.1 Å². The van der Waals surface area contributed by atoms with Crippen molar-refractivity contribution in [3.63, 3.8) is 0 Å². The molecule has 0 aliphatic heterocycles. The number of fused-ring (bicyclic) bond motifs is 1. The predicted octanol–water partition coefficient (Wildman–Crippen LogP) is 7.23. The van der Waals surface area contributed by atoms with E-state index in [2.05, 4.69) is 0 Å². The van der Waals surface area contributed by atoms with Crippen molar-refractivity contribution >= 4 is 34.2 Å². The molecule has 3 aromatic carbocycles. The zero-order valence-corrected chi connectivity index (χ0v) is 19.3. The van der Waals surface area contributed by atoms with Crippen LogP contribution >= 0.6 is 23.2 Å². The molecule has 0 fully saturated rings. The molecule has 0 unspecified atom stereocenters. The molecule has 1 heterocycles. The summed E-state index contributed by atoms with van der Waals surface area (Å²) in [6, 6.07) is 18.6. The van der Waals surface area contributed by atoms with Gasteiger partial charge in [0.05, 0.1) is 23.6 Å². The smallest absolute Gasteiger partial charge is 0.235 e. The van der Waals surface area contributed by atoms with Gasteiger partial charge in [-0.15, -0.1) is 0 Å². The third-order valence-electron chi connectivity index (χ3n) is 5.01. The minimum absolute atomic E-state index is 0.134. The van der Waals surface area contributed by atoms with Crippen LogP contribution in [0.2, 0.25) is 10.0 Å². The summed E-state index contributed by atoms with van der Waals surface area (Å²) in [6.07, 6.45) is 0.592. The van der Waals surface area contributed by atoms with Crippen molar-refractivity contribution in [2.75, 3.05) is 13.2 Å². The summed E-state index contributed by atoms with van der Waals surface area (Å²) in [5.41, 5.74) is 2.97. The van der Waals surface area contributed by atoms with Crippen LogP contribution in [-0.2, 0) is 0 Å².